The molecular weight excluding hydrogens is 358 g/mol. The normalized spacial score (nSPS) is 10.2. The van der Waals surface area contributed by atoms with Crippen molar-refractivity contribution < 1.29 is 19.4 Å². The van der Waals surface area contributed by atoms with Gasteiger partial charge in [-0.25, -0.2) is 4.79 Å². The van der Waals surface area contributed by atoms with E-state index in [9.17, 15) is 9.59 Å². The number of carbonyl (C=O) groups is 2. The Morgan fingerprint density at radius 3 is 2.57 bits per heavy atom. The lowest BCUT2D eigenvalue weighted by Crippen LogP contribution is -2.19. The van der Waals surface area contributed by atoms with E-state index in [0.29, 0.717) is 16.3 Å². The standard InChI is InChI=1S/C14H12BrNO4S/c1-8-6-12(21-13(8)14(18)19)16-11(17)7-20-10-4-2-9(15)3-5-10/h2-6H,7H2,1H3,(H,16,17)(H,18,19). The maximum atomic E-state index is 11.8. The third-order valence-corrected chi connectivity index (χ3v) is 4.23. The van der Waals surface area contributed by atoms with Crippen LogP contribution >= 0.6 is 27.3 Å². The summed E-state index contributed by atoms with van der Waals surface area (Å²) in [7, 11) is 0. The molecule has 0 aliphatic rings. The average Bonchev–Trinajstić information content (AvgIpc) is 2.79. The van der Waals surface area contributed by atoms with Crippen molar-refractivity contribution in [3.05, 3.63) is 45.2 Å². The first kappa shape index (κ1) is 15.5. The largest absolute Gasteiger partial charge is 0.484 e. The number of carboxylic acids is 1. The molecule has 0 aliphatic heterocycles. The van der Waals surface area contributed by atoms with Gasteiger partial charge in [0.25, 0.3) is 5.91 Å². The zero-order valence-corrected chi connectivity index (χ0v) is 13.5. The predicted octanol–water partition coefficient (Wildman–Crippen LogP) is 3.53. The second kappa shape index (κ2) is 6.73. The summed E-state index contributed by atoms with van der Waals surface area (Å²) < 4.78 is 6.26. The summed E-state index contributed by atoms with van der Waals surface area (Å²) in [5.41, 5.74) is 0.622. The summed E-state index contributed by atoms with van der Waals surface area (Å²) in [5.74, 6) is -0.748. The maximum absolute atomic E-state index is 11.8. The smallest absolute Gasteiger partial charge is 0.346 e. The third-order valence-electron chi connectivity index (χ3n) is 2.56. The second-order valence-corrected chi connectivity index (χ2v) is 6.19. The summed E-state index contributed by atoms with van der Waals surface area (Å²) in [6, 6.07) is 8.75. The summed E-state index contributed by atoms with van der Waals surface area (Å²) in [6.07, 6.45) is 0. The fourth-order valence-corrected chi connectivity index (χ4v) is 2.80. The number of thiophene rings is 1. The molecule has 0 saturated carbocycles. The minimum atomic E-state index is -0.996. The van der Waals surface area contributed by atoms with E-state index in [1.54, 1.807) is 25.1 Å². The van der Waals surface area contributed by atoms with Gasteiger partial charge in [-0.2, -0.15) is 0 Å². The molecule has 0 bridgehead atoms. The average molecular weight is 370 g/mol. The van der Waals surface area contributed by atoms with Gasteiger partial charge < -0.3 is 15.2 Å². The van der Waals surface area contributed by atoms with E-state index in [2.05, 4.69) is 21.2 Å². The topological polar surface area (TPSA) is 75.6 Å². The molecule has 0 unspecified atom stereocenters. The van der Waals surface area contributed by atoms with E-state index in [1.807, 2.05) is 12.1 Å². The molecule has 0 fully saturated rings. The van der Waals surface area contributed by atoms with Crippen molar-refractivity contribution in [3.8, 4) is 5.75 Å². The van der Waals surface area contributed by atoms with E-state index in [1.165, 1.54) is 0 Å². The highest BCUT2D eigenvalue weighted by Gasteiger charge is 2.13. The Balaban J connectivity index is 1.91. The predicted molar refractivity (Wildman–Crippen MR) is 84.3 cm³/mol. The van der Waals surface area contributed by atoms with E-state index in [4.69, 9.17) is 9.84 Å². The molecule has 0 spiro atoms. The van der Waals surface area contributed by atoms with Crippen LogP contribution in [-0.2, 0) is 4.79 Å². The van der Waals surface area contributed by atoms with Gasteiger partial charge >= 0.3 is 5.97 Å². The Labute approximate surface area is 133 Å². The number of carbonyl (C=O) groups excluding carboxylic acids is 1. The Morgan fingerprint density at radius 1 is 1.33 bits per heavy atom. The minimum absolute atomic E-state index is 0.138. The van der Waals surface area contributed by atoms with Gasteiger partial charge in [0.2, 0.25) is 0 Å². The molecule has 2 rings (SSSR count). The highest BCUT2D eigenvalue weighted by atomic mass is 79.9. The van der Waals surface area contributed by atoms with Crippen LogP contribution in [0, 0.1) is 6.92 Å². The molecule has 1 aromatic carbocycles. The number of nitrogens with one attached hydrogen (secondary N) is 1. The molecule has 2 N–H and O–H groups in total. The Kier molecular flexibility index (Phi) is 4.98. The van der Waals surface area contributed by atoms with Crippen molar-refractivity contribution in [1.82, 2.24) is 0 Å². The number of halogens is 1. The lowest BCUT2D eigenvalue weighted by atomic mass is 10.3. The number of hydrogen-bond donors (Lipinski definition) is 2. The van der Waals surface area contributed by atoms with Gasteiger partial charge in [-0.1, -0.05) is 15.9 Å². The summed E-state index contributed by atoms with van der Waals surface area (Å²) in [5, 5.41) is 12.1. The fourth-order valence-electron chi connectivity index (χ4n) is 1.61. The summed E-state index contributed by atoms with van der Waals surface area (Å²) >= 11 is 4.34. The van der Waals surface area contributed by atoms with Gasteiger partial charge in [-0.05, 0) is 42.8 Å². The van der Waals surface area contributed by atoms with Crippen molar-refractivity contribution in [3.63, 3.8) is 0 Å². The van der Waals surface area contributed by atoms with E-state index in [-0.39, 0.29) is 17.4 Å². The van der Waals surface area contributed by atoms with Crippen molar-refractivity contribution in [2.24, 2.45) is 0 Å². The lowest BCUT2D eigenvalue weighted by molar-refractivity contribution is -0.118. The molecular formula is C14H12BrNO4S. The van der Waals surface area contributed by atoms with Gasteiger partial charge in [0, 0.05) is 4.47 Å². The number of rotatable bonds is 5. The molecule has 1 amide bonds. The van der Waals surface area contributed by atoms with Crippen LogP contribution in [0.25, 0.3) is 0 Å². The molecule has 0 saturated heterocycles. The van der Waals surface area contributed by atoms with Gasteiger partial charge in [-0.3, -0.25) is 4.79 Å². The van der Waals surface area contributed by atoms with Gasteiger partial charge in [0.1, 0.15) is 10.6 Å². The van der Waals surface area contributed by atoms with E-state index in [0.717, 1.165) is 15.8 Å². The van der Waals surface area contributed by atoms with Crippen LogP contribution in [0.3, 0.4) is 0 Å². The molecule has 110 valence electrons. The number of amides is 1. The number of hydrogen-bond acceptors (Lipinski definition) is 4. The van der Waals surface area contributed by atoms with Crippen LogP contribution in [0.2, 0.25) is 0 Å². The zero-order valence-electron chi connectivity index (χ0n) is 11.1. The lowest BCUT2D eigenvalue weighted by Gasteiger charge is -2.06. The Morgan fingerprint density at radius 2 is 2.00 bits per heavy atom. The third kappa shape index (κ3) is 4.30. The van der Waals surface area contributed by atoms with E-state index < -0.39 is 5.97 Å². The van der Waals surface area contributed by atoms with Crippen molar-refractivity contribution in [1.29, 1.82) is 0 Å². The summed E-state index contributed by atoms with van der Waals surface area (Å²) in [6.45, 7) is 1.55. The highest BCUT2D eigenvalue weighted by Crippen LogP contribution is 2.26. The van der Waals surface area contributed by atoms with Crippen molar-refractivity contribution in [2.75, 3.05) is 11.9 Å². The molecule has 1 heterocycles. The molecule has 2 aromatic rings. The van der Waals surface area contributed by atoms with E-state index >= 15 is 0 Å². The molecule has 7 heteroatoms. The summed E-state index contributed by atoms with van der Waals surface area (Å²) in [4.78, 5) is 22.9. The number of anilines is 1. The van der Waals surface area contributed by atoms with Crippen molar-refractivity contribution in [2.45, 2.75) is 6.92 Å². The van der Waals surface area contributed by atoms with Crippen molar-refractivity contribution >= 4 is 44.1 Å². The van der Waals surface area contributed by atoms with Crippen LogP contribution in [0.1, 0.15) is 15.2 Å². The first-order valence-electron chi connectivity index (χ1n) is 5.97. The monoisotopic (exact) mass is 369 g/mol. The quantitative estimate of drug-likeness (QED) is 0.844. The van der Waals surface area contributed by atoms with Gasteiger partial charge in [-0.15, -0.1) is 11.3 Å². The number of ether oxygens (including phenoxy) is 1. The number of aryl methyl sites for hydroxylation is 1. The van der Waals surface area contributed by atoms with Crippen LogP contribution in [-0.4, -0.2) is 23.6 Å². The number of carboxylic acid groups (broad SMARTS) is 1. The first-order valence-corrected chi connectivity index (χ1v) is 7.58. The van der Waals surface area contributed by atoms with Crippen LogP contribution < -0.4 is 10.1 Å². The first-order chi connectivity index (χ1) is 9.95. The maximum Gasteiger partial charge on any atom is 0.346 e. The molecule has 21 heavy (non-hydrogen) atoms. The van der Waals surface area contributed by atoms with Gasteiger partial charge in [0.15, 0.2) is 6.61 Å². The SMILES string of the molecule is Cc1cc(NC(=O)COc2ccc(Br)cc2)sc1C(=O)O. The molecule has 1 aromatic heterocycles. The molecule has 0 atom stereocenters. The second-order valence-electron chi connectivity index (χ2n) is 4.22. The Bertz CT molecular complexity index is 666. The van der Waals surface area contributed by atoms with Crippen LogP contribution in [0.15, 0.2) is 34.8 Å². The molecule has 0 aliphatic carbocycles. The molecule has 0 radical (unpaired) electrons. The Hall–Kier alpha value is -1.86. The zero-order chi connectivity index (χ0) is 15.4. The molecule has 5 nitrogen and oxygen atoms in total. The minimum Gasteiger partial charge on any atom is -0.484 e. The highest BCUT2D eigenvalue weighted by molar-refractivity contribution is 9.10. The number of aromatic carboxylic acids is 1. The van der Waals surface area contributed by atoms with Crippen LogP contribution in [0.5, 0.6) is 5.75 Å². The fraction of sp³-hybridized carbons (Fsp3) is 0.143. The van der Waals surface area contributed by atoms with Crippen LogP contribution in [0.4, 0.5) is 5.00 Å². The number of benzene rings is 1. The van der Waals surface area contributed by atoms with Gasteiger partial charge in [0.05, 0.1) is 5.00 Å².